The van der Waals surface area contributed by atoms with E-state index >= 15 is 0 Å². The van der Waals surface area contributed by atoms with Crippen molar-refractivity contribution < 1.29 is 32.3 Å². The minimum absolute atomic E-state index is 0.125. The Bertz CT molecular complexity index is 1510. The highest BCUT2D eigenvalue weighted by Crippen LogP contribution is 2.27. The average Bonchev–Trinajstić information content (AvgIpc) is 3.54. The van der Waals surface area contributed by atoms with Crippen LogP contribution >= 0.6 is 0 Å². The smallest absolute Gasteiger partial charge is 0.407 e. The van der Waals surface area contributed by atoms with Crippen molar-refractivity contribution in [2.24, 2.45) is 0 Å². The summed E-state index contributed by atoms with van der Waals surface area (Å²) in [7, 11) is -2.65. The van der Waals surface area contributed by atoms with Crippen LogP contribution in [0.1, 0.15) is 29.5 Å². The normalized spacial score (nSPS) is 15.6. The number of carbonyl (C=O) groups is 3. The maximum absolute atomic E-state index is 13.3. The average molecular weight is 623 g/mol. The van der Waals surface area contributed by atoms with Gasteiger partial charge < -0.3 is 25.4 Å². The fourth-order valence-electron chi connectivity index (χ4n) is 4.88. The van der Waals surface area contributed by atoms with Gasteiger partial charge in [-0.3, -0.25) is 4.79 Å². The van der Waals surface area contributed by atoms with Gasteiger partial charge >= 0.3 is 12.1 Å². The van der Waals surface area contributed by atoms with Gasteiger partial charge in [0.05, 0.1) is 12.0 Å². The first-order valence-corrected chi connectivity index (χ1v) is 15.9. The van der Waals surface area contributed by atoms with Crippen LogP contribution in [0.2, 0.25) is 0 Å². The summed E-state index contributed by atoms with van der Waals surface area (Å²) in [6, 6.07) is 21.3. The maximum Gasteiger partial charge on any atom is 0.407 e. The van der Waals surface area contributed by atoms with Gasteiger partial charge in [-0.2, -0.15) is 4.31 Å². The summed E-state index contributed by atoms with van der Waals surface area (Å²) in [4.78, 5) is 37.9. The maximum atomic E-state index is 13.3. The zero-order valence-electron chi connectivity index (χ0n) is 24.8. The van der Waals surface area contributed by atoms with E-state index in [-0.39, 0.29) is 24.5 Å². The van der Waals surface area contributed by atoms with E-state index in [9.17, 15) is 22.8 Å². The Morgan fingerprint density at radius 1 is 0.932 bits per heavy atom. The zero-order valence-corrected chi connectivity index (χ0v) is 25.6. The molecule has 2 atom stereocenters. The number of aryl methyl sites for hydroxylation is 1. The van der Waals surface area contributed by atoms with Crippen molar-refractivity contribution in [2.75, 3.05) is 32.1 Å². The molecule has 0 spiro atoms. The lowest BCUT2D eigenvalue weighted by Crippen LogP contribution is -2.51. The number of rotatable bonds is 13. The van der Waals surface area contributed by atoms with Crippen molar-refractivity contribution in [1.29, 1.82) is 0 Å². The number of esters is 1. The number of anilines is 1. The van der Waals surface area contributed by atoms with E-state index in [1.165, 1.54) is 23.5 Å². The van der Waals surface area contributed by atoms with Gasteiger partial charge in [0, 0.05) is 31.7 Å². The van der Waals surface area contributed by atoms with E-state index in [1.54, 1.807) is 12.1 Å². The number of nitrogens with one attached hydrogen (secondary N) is 3. The Hall–Kier alpha value is -4.42. The molecule has 0 aromatic heterocycles. The predicted molar refractivity (Wildman–Crippen MR) is 165 cm³/mol. The first-order valence-electron chi connectivity index (χ1n) is 14.4. The lowest BCUT2D eigenvalue weighted by molar-refractivity contribution is -0.145. The highest BCUT2D eigenvalue weighted by Gasteiger charge is 2.40. The topological polar surface area (TPSA) is 143 Å². The molecule has 1 heterocycles. The number of carbonyl (C=O) groups excluding carboxylic acids is 3. The molecule has 0 saturated carbocycles. The van der Waals surface area contributed by atoms with E-state index in [4.69, 9.17) is 9.47 Å². The SMILES string of the molecule is COC(=O)[C@H](Cc1ccc(NCCNC(=O)OCc2ccccc2)cc1)NC(=O)[C@@H]1CCCN1S(=O)(=O)c1ccc(C)cc1. The van der Waals surface area contributed by atoms with Crippen molar-refractivity contribution in [2.45, 2.75) is 49.8 Å². The molecular weight excluding hydrogens is 584 g/mol. The first kappa shape index (κ1) is 32.5. The van der Waals surface area contributed by atoms with Crippen LogP contribution in [0.4, 0.5) is 10.5 Å². The molecule has 11 nitrogen and oxygen atoms in total. The number of amides is 2. The van der Waals surface area contributed by atoms with Crippen LogP contribution < -0.4 is 16.0 Å². The zero-order chi connectivity index (χ0) is 31.5. The van der Waals surface area contributed by atoms with Crippen LogP contribution in [0.15, 0.2) is 83.8 Å². The third kappa shape index (κ3) is 8.80. The van der Waals surface area contributed by atoms with Gasteiger partial charge in [0.15, 0.2) is 0 Å². The van der Waals surface area contributed by atoms with Gasteiger partial charge in [0.1, 0.15) is 18.7 Å². The lowest BCUT2D eigenvalue weighted by atomic mass is 10.0. The molecule has 44 heavy (non-hydrogen) atoms. The number of ether oxygens (including phenoxy) is 2. The van der Waals surface area contributed by atoms with Gasteiger partial charge in [0.25, 0.3) is 0 Å². The summed E-state index contributed by atoms with van der Waals surface area (Å²) in [5, 5.41) is 8.61. The number of hydrogen-bond acceptors (Lipinski definition) is 8. The van der Waals surface area contributed by atoms with Crippen molar-refractivity contribution in [3.05, 3.63) is 95.6 Å². The number of hydrogen-bond donors (Lipinski definition) is 3. The number of alkyl carbamates (subject to hydrolysis) is 1. The molecule has 0 radical (unpaired) electrons. The molecular formula is C32H38N4O7S. The molecule has 3 N–H and O–H groups in total. The number of sulfonamides is 1. The van der Waals surface area contributed by atoms with Gasteiger partial charge in [-0.05, 0) is 55.2 Å². The van der Waals surface area contributed by atoms with Crippen LogP contribution in [0.25, 0.3) is 0 Å². The quantitative estimate of drug-likeness (QED) is 0.195. The molecule has 0 aliphatic carbocycles. The van der Waals surface area contributed by atoms with Crippen molar-refractivity contribution in [3.63, 3.8) is 0 Å². The van der Waals surface area contributed by atoms with Crippen LogP contribution in [-0.2, 0) is 42.1 Å². The second kappa shape index (κ2) is 15.3. The summed E-state index contributed by atoms with van der Waals surface area (Å²) >= 11 is 0. The van der Waals surface area contributed by atoms with Gasteiger partial charge in [-0.1, -0.05) is 60.2 Å². The van der Waals surface area contributed by atoms with Crippen LogP contribution in [0.3, 0.4) is 0 Å². The molecule has 0 bridgehead atoms. The second-order valence-corrected chi connectivity index (χ2v) is 12.4. The van der Waals surface area contributed by atoms with Gasteiger partial charge in [-0.15, -0.1) is 0 Å². The molecule has 1 aliphatic heterocycles. The molecule has 12 heteroatoms. The molecule has 1 fully saturated rings. The molecule has 3 aromatic carbocycles. The Kier molecular flexibility index (Phi) is 11.3. The fourth-order valence-corrected chi connectivity index (χ4v) is 6.54. The Morgan fingerprint density at radius 3 is 2.32 bits per heavy atom. The van der Waals surface area contributed by atoms with Crippen LogP contribution in [0.5, 0.6) is 0 Å². The monoisotopic (exact) mass is 622 g/mol. The molecule has 1 saturated heterocycles. The van der Waals surface area contributed by atoms with E-state index in [0.717, 1.165) is 22.4 Å². The number of nitrogens with zero attached hydrogens (tertiary/aromatic N) is 1. The van der Waals surface area contributed by atoms with Gasteiger partial charge in [-0.25, -0.2) is 18.0 Å². The number of benzene rings is 3. The number of methoxy groups -OCH3 is 1. The summed E-state index contributed by atoms with van der Waals surface area (Å²) < 4.78 is 37.9. The highest BCUT2D eigenvalue weighted by atomic mass is 32.2. The molecule has 2 amide bonds. The molecule has 4 rings (SSSR count). The van der Waals surface area contributed by atoms with Crippen LogP contribution in [0, 0.1) is 6.92 Å². The summed E-state index contributed by atoms with van der Waals surface area (Å²) in [6.07, 6.45) is 0.538. The summed E-state index contributed by atoms with van der Waals surface area (Å²) in [5.74, 6) is -1.17. The van der Waals surface area contributed by atoms with E-state index in [1.807, 2.05) is 61.5 Å². The summed E-state index contributed by atoms with van der Waals surface area (Å²) in [5.41, 5.74) is 3.40. The fraction of sp³-hybridized carbons (Fsp3) is 0.344. The highest BCUT2D eigenvalue weighted by molar-refractivity contribution is 7.89. The van der Waals surface area contributed by atoms with Crippen molar-refractivity contribution in [1.82, 2.24) is 14.9 Å². The Balaban J connectivity index is 1.28. The molecule has 0 unspecified atom stereocenters. The van der Waals surface area contributed by atoms with Crippen molar-refractivity contribution in [3.8, 4) is 0 Å². The largest absolute Gasteiger partial charge is 0.467 e. The second-order valence-electron chi connectivity index (χ2n) is 10.5. The Morgan fingerprint density at radius 2 is 1.64 bits per heavy atom. The third-order valence-corrected chi connectivity index (χ3v) is 9.19. The van der Waals surface area contributed by atoms with Gasteiger partial charge in [0.2, 0.25) is 15.9 Å². The van der Waals surface area contributed by atoms with Crippen molar-refractivity contribution >= 4 is 33.7 Å². The molecule has 3 aromatic rings. The minimum atomic E-state index is -3.88. The van der Waals surface area contributed by atoms with E-state index in [2.05, 4.69) is 16.0 Å². The third-order valence-electron chi connectivity index (χ3n) is 7.27. The standard InChI is InChI=1S/C32H38N4O7S/c1-23-10-16-27(17-11-23)44(40,41)36-20-6-9-29(36)30(37)35-28(31(38)42-2)21-24-12-14-26(15-13-24)33-18-19-34-32(39)43-22-25-7-4-3-5-8-25/h3-5,7-8,10-17,28-29,33H,6,9,18-22H2,1-2H3,(H,34,39)(H,35,37)/t28-,29-/m0/s1. The first-order chi connectivity index (χ1) is 21.2. The van der Waals surface area contributed by atoms with E-state index < -0.39 is 40.1 Å². The molecule has 234 valence electrons. The van der Waals surface area contributed by atoms with Crippen LogP contribution in [-0.4, -0.2) is 69.5 Å². The molecule has 1 aliphatic rings. The lowest BCUT2D eigenvalue weighted by Gasteiger charge is -2.25. The predicted octanol–water partition coefficient (Wildman–Crippen LogP) is 3.39. The minimum Gasteiger partial charge on any atom is -0.467 e. The Labute approximate surface area is 258 Å². The summed E-state index contributed by atoms with van der Waals surface area (Å²) in [6.45, 7) is 3.09. The van der Waals surface area contributed by atoms with E-state index in [0.29, 0.717) is 25.9 Å².